The fourth-order valence-corrected chi connectivity index (χ4v) is 1.64. The van der Waals surface area contributed by atoms with E-state index in [4.69, 9.17) is 0 Å². The number of aromatic nitrogens is 3. The van der Waals surface area contributed by atoms with Crippen LogP contribution in [0.25, 0.3) is 0 Å². The van der Waals surface area contributed by atoms with Crippen molar-refractivity contribution in [2.45, 2.75) is 20.0 Å². The van der Waals surface area contributed by atoms with Gasteiger partial charge in [0.15, 0.2) is 0 Å². The fraction of sp³-hybridized carbons (Fsp3) is 0.333. The van der Waals surface area contributed by atoms with Crippen LogP contribution < -0.4 is 5.32 Å². The van der Waals surface area contributed by atoms with Crippen LogP contribution in [0.2, 0.25) is 0 Å². The minimum Gasteiger partial charge on any atom is -0.311 e. The highest BCUT2D eigenvalue weighted by molar-refractivity contribution is 5.18. The first kappa shape index (κ1) is 12.6. The van der Waals surface area contributed by atoms with Gasteiger partial charge in [-0.25, -0.2) is 13.5 Å². The van der Waals surface area contributed by atoms with Crippen molar-refractivity contribution in [2.75, 3.05) is 6.54 Å². The highest BCUT2D eigenvalue weighted by Gasteiger charge is 2.04. The van der Waals surface area contributed by atoms with Crippen LogP contribution in [0.3, 0.4) is 0 Å². The van der Waals surface area contributed by atoms with Gasteiger partial charge in [-0.3, -0.25) is 0 Å². The monoisotopic (exact) mass is 252 g/mol. The molecule has 2 rings (SSSR count). The van der Waals surface area contributed by atoms with Gasteiger partial charge < -0.3 is 5.32 Å². The van der Waals surface area contributed by atoms with Crippen molar-refractivity contribution in [2.24, 2.45) is 0 Å². The van der Waals surface area contributed by atoms with Gasteiger partial charge in [-0.15, -0.1) is 5.10 Å². The SMILES string of the molecule is CCNCc1cn(Cc2cc(F)cc(F)c2)nn1. The number of hydrogen-bond acceptors (Lipinski definition) is 3. The maximum atomic E-state index is 13.0. The van der Waals surface area contributed by atoms with E-state index in [0.29, 0.717) is 18.7 Å². The molecular weight excluding hydrogens is 238 g/mol. The Morgan fingerprint density at radius 2 is 1.94 bits per heavy atom. The first-order valence-corrected chi connectivity index (χ1v) is 5.72. The van der Waals surface area contributed by atoms with E-state index in [1.807, 2.05) is 6.92 Å². The zero-order chi connectivity index (χ0) is 13.0. The highest BCUT2D eigenvalue weighted by atomic mass is 19.1. The third-order valence-corrected chi connectivity index (χ3v) is 2.41. The van der Waals surface area contributed by atoms with E-state index < -0.39 is 11.6 Å². The van der Waals surface area contributed by atoms with Crippen LogP contribution in [0, 0.1) is 11.6 Å². The molecule has 96 valence electrons. The molecule has 0 saturated heterocycles. The molecule has 0 saturated carbocycles. The number of rotatable bonds is 5. The van der Waals surface area contributed by atoms with Gasteiger partial charge in [0.05, 0.1) is 18.4 Å². The Kier molecular flexibility index (Phi) is 3.99. The lowest BCUT2D eigenvalue weighted by molar-refractivity contribution is 0.572. The molecule has 1 heterocycles. The van der Waals surface area contributed by atoms with Crippen molar-refractivity contribution >= 4 is 0 Å². The molecule has 0 amide bonds. The molecule has 0 radical (unpaired) electrons. The average molecular weight is 252 g/mol. The second-order valence-corrected chi connectivity index (χ2v) is 3.97. The zero-order valence-electron chi connectivity index (χ0n) is 10.0. The quantitative estimate of drug-likeness (QED) is 0.881. The predicted molar refractivity (Wildman–Crippen MR) is 62.9 cm³/mol. The Bertz CT molecular complexity index is 504. The van der Waals surface area contributed by atoms with E-state index in [0.717, 1.165) is 18.3 Å². The van der Waals surface area contributed by atoms with Crippen molar-refractivity contribution in [3.63, 3.8) is 0 Å². The van der Waals surface area contributed by atoms with Crippen LogP contribution in [0.5, 0.6) is 0 Å². The molecule has 1 aromatic heterocycles. The average Bonchev–Trinajstić information content (AvgIpc) is 2.72. The van der Waals surface area contributed by atoms with Gasteiger partial charge in [0.25, 0.3) is 0 Å². The topological polar surface area (TPSA) is 42.7 Å². The van der Waals surface area contributed by atoms with Gasteiger partial charge in [0.1, 0.15) is 11.6 Å². The minimum absolute atomic E-state index is 0.299. The molecule has 0 spiro atoms. The van der Waals surface area contributed by atoms with Crippen molar-refractivity contribution in [3.05, 3.63) is 47.3 Å². The smallest absolute Gasteiger partial charge is 0.126 e. The Balaban J connectivity index is 2.06. The van der Waals surface area contributed by atoms with Crippen molar-refractivity contribution in [1.82, 2.24) is 20.3 Å². The van der Waals surface area contributed by atoms with Gasteiger partial charge in [-0.2, -0.15) is 0 Å². The normalized spacial score (nSPS) is 10.8. The molecule has 6 heteroatoms. The molecule has 0 aliphatic heterocycles. The molecular formula is C12H14F2N4. The third kappa shape index (κ3) is 3.33. The van der Waals surface area contributed by atoms with Crippen molar-refractivity contribution < 1.29 is 8.78 Å². The maximum Gasteiger partial charge on any atom is 0.126 e. The lowest BCUT2D eigenvalue weighted by Gasteiger charge is -2.01. The summed E-state index contributed by atoms with van der Waals surface area (Å²) in [5, 5.41) is 11.0. The summed E-state index contributed by atoms with van der Waals surface area (Å²) in [7, 11) is 0. The molecule has 0 fully saturated rings. The molecule has 1 N–H and O–H groups in total. The number of benzene rings is 1. The van der Waals surface area contributed by atoms with E-state index in [1.165, 1.54) is 12.1 Å². The molecule has 0 aliphatic carbocycles. The molecule has 0 unspecified atom stereocenters. The van der Waals surface area contributed by atoms with E-state index in [-0.39, 0.29) is 0 Å². The second kappa shape index (κ2) is 5.68. The molecule has 0 bridgehead atoms. The van der Waals surface area contributed by atoms with Crippen molar-refractivity contribution in [1.29, 1.82) is 0 Å². The molecule has 4 nitrogen and oxygen atoms in total. The van der Waals surface area contributed by atoms with Crippen LogP contribution in [0.1, 0.15) is 18.2 Å². The summed E-state index contributed by atoms with van der Waals surface area (Å²) < 4.78 is 27.6. The number of hydrogen-bond donors (Lipinski definition) is 1. The highest BCUT2D eigenvalue weighted by Crippen LogP contribution is 2.09. The van der Waals surface area contributed by atoms with Crippen LogP contribution in [0.15, 0.2) is 24.4 Å². The van der Waals surface area contributed by atoms with Crippen molar-refractivity contribution in [3.8, 4) is 0 Å². The maximum absolute atomic E-state index is 13.0. The van der Waals surface area contributed by atoms with Gasteiger partial charge in [0.2, 0.25) is 0 Å². The zero-order valence-corrected chi connectivity index (χ0v) is 10.0. The number of halogens is 2. The van der Waals surface area contributed by atoms with Crippen LogP contribution >= 0.6 is 0 Å². The van der Waals surface area contributed by atoms with E-state index in [2.05, 4.69) is 15.6 Å². The summed E-state index contributed by atoms with van der Waals surface area (Å²) in [4.78, 5) is 0. The Morgan fingerprint density at radius 1 is 1.22 bits per heavy atom. The lowest BCUT2D eigenvalue weighted by Crippen LogP contribution is -2.11. The molecule has 0 atom stereocenters. The Hall–Kier alpha value is -1.82. The Morgan fingerprint density at radius 3 is 2.61 bits per heavy atom. The summed E-state index contributed by atoms with van der Waals surface area (Å²) in [5.74, 6) is -1.17. The van der Waals surface area contributed by atoms with Crippen LogP contribution in [-0.4, -0.2) is 21.5 Å². The number of nitrogens with one attached hydrogen (secondary N) is 1. The van der Waals surface area contributed by atoms with Crippen LogP contribution in [0.4, 0.5) is 8.78 Å². The summed E-state index contributed by atoms with van der Waals surface area (Å²) in [5.41, 5.74) is 1.32. The Labute approximate surface area is 104 Å². The van der Waals surface area contributed by atoms with Crippen LogP contribution in [-0.2, 0) is 13.1 Å². The first-order valence-electron chi connectivity index (χ1n) is 5.72. The summed E-state index contributed by atoms with van der Waals surface area (Å²) in [6.07, 6.45) is 1.76. The predicted octanol–water partition coefficient (Wildman–Crippen LogP) is 1.71. The minimum atomic E-state index is -0.585. The molecule has 0 aliphatic rings. The summed E-state index contributed by atoms with van der Waals surface area (Å²) in [6.45, 7) is 3.78. The molecule has 2 aromatic rings. The lowest BCUT2D eigenvalue weighted by atomic mass is 10.2. The first-order chi connectivity index (χ1) is 8.67. The second-order valence-electron chi connectivity index (χ2n) is 3.97. The largest absolute Gasteiger partial charge is 0.311 e. The third-order valence-electron chi connectivity index (χ3n) is 2.41. The van der Waals surface area contributed by atoms with Gasteiger partial charge in [-0.1, -0.05) is 12.1 Å². The number of nitrogens with zero attached hydrogens (tertiary/aromatic N) is 3. The summed E-state index contributed by atoms with van der Waals surface area (Å²) >= 11 is 0. The van der Waals surface area contributed by atoms with Gasteiger partial charge in [-0.05, 0) is 24.2 Å². The molecule has 18 heavy (non-hydrogen) atoms. The van der Waals surface area contributed by atoms with Gasteiger partial charge >= 0.3 is 0 Å². The van der Waals surface area contributed by atoms with Gasteiger partial charge in [0, 0.05) is 12.6 Å². The fourth-order valence-electron chi connectivity index (χ4n) is 1.64. The summed E-state index contributed by atoms with van der Waals surface area (Å²) in [6, 6.07) is 3.42. The van der Waals surface area contributed by atoms with E-state index >= 15 is 0 Å². The molecule has 1 aromatic carbocycles. The van der Waals surface area contributed by atoms with E-state index in [1.54, 1.807) is 10.9 Å². The standard InChI is InChI=1S/C12H14F2N4/c1-2-15-6-12-8-18(17-16-12)7-9-3-10(13)5-11(14)4-9/h3-5,8,15H,2,6-7H2,1H3. The van der Waals surface area contributed by atoms with E-state index in [9.17, 15) is 8.78 Å².